The molecule has 0 bridgehead atoms. The highest BCUT2D eigenvalue weighted by atomic mass is 79.9. The van der Waals surface area contributed by atoms with Crippen LogP contribution in [-0.2, 0) is 13.2 Å². The number of benzene rings is 2. The fourth-order valence-corrected chi connectivity index (χ4v) is 2.27. The first kappa shape index (κ1) is 14.0. The average Bonchev–Trinajstić information content (AvgIpc) is 2.41. The molecule has 0 aliphatic heterocycles. The maximum atomic E-state index is 13.6. The lowest BCUT2D eigenvalue weighted by molar-refractivity contribution is 0.276. The van der Waals surface area contributed by atoms with Crippen LogP contribution >= 0.6 is 15.9 Å². The van der Waals surface area contributed by atoms with Crippen LogP contribution in [-0.4, -0.2) is 12.2 Å². The van der Waals surface area contributed by atoms with E-state index in [2.05, 4.69) is 15.9 Å². The van der Waals surface area contributed by atoms with Crippen LogP contribution in [0.1, 0.15) is 11.1 Å². The second kappa shape index (κ2) is 6.17. The Bertz CT molecular complexity index is 557. The third-order valence-corrected chi connectivity index (χ3v) is 3.53. The lowest BCUT2D eigenvalue weighted by Crippen LogP contribution is -2.18. The van der Waals surface area contributed by atoms with E-state index in [1.165, 1.54) is 6.07 Å². The van der Waals surface area contributed by atoms with Crippen LogP contribution in [0.15, 0.2) is 46.9 Å². The van der Waals surface area contributed by atoms with Gasteiger partial charge in [0.25, 0.3) is 0 Å². The third-order valence-electron chi connectivity index (χ3n) is 3.00. The first-order chi connectivity index (χ1) is 9.11. The van der Waals surface area contributed by atoms with Gasteiger partial charge < -0.3 is 10.0 Å². The molecule has 100 valence electrons. The van der Waals surface area contributed by atoms with Crippen molar-refractivity contribution in [3.05, 3.63) is 63.9 Å². The number of rotatable bonds is 4. The molecule has 2 aromatic rings. The van der Waals surface area contributed by atoms with E-state index in [1.54, 1.807) is 6.07 Å². The maximum absolute atomic E-state index is 13.6. The molecule has 2 rings (SSSR count). The molecule has 0 saturated carbocycles. The monoisotopic (exact) mass is 323 g/mol. The van der Waals surface area contributed by atoms with Gasteiger partial charge in [0.2, 0.25) is 0 Å². The Kier molecular flexibility index (Phi) is 4.56. The van der Waals surface area contributed by atoms with Crippen molar-refractivity contribution < 1.29 is 9.50 Å². The molecule has 0 fully saturated rings. The quantitative estimate of drug-likeness (QED) is 0.927. The van der Waals surface area contributed by atoms with Crippen molar-refractivity contribution in [2.75, 3.05) is 11.9 Å². The summed E-state index contributed by atoms with van der Waals surface area (Å²) in [6.45, 7) is 0.358. The van der Waals surface area contributed by atoms with E-state index in [0.29, 0.717) is 17.8 Å². The minimum absolute atomic E-state index is 0.299. The molecular formula is C15H15BrFNO. The summed E-state index contributed by atoms with van der Waals surface area (Å²) in [4.78, 5) is 1.93. The van der Waals surface area contributed by atoms with Crippen LogP contribution in [0.25, 0.3) is 0 Å². The molecule has 0 aromatic heterocycles. The molecule has 0 radical (unpaired) electrons. The molecule has 2 aromatic carbocycles. The van der Waals surface area contributed by atoms with Crippen LogP contribution in [0.2, 0.25) is 0 Å². The van der Waals surface area contributed by atoms with Gasteiger partial charge in [0.05, 0.1) is 6.61 Å². The highest BCUT2D eigenvalue weighted by molar-refractivity contribution is 9.10. The number of aliphatic hydroxyl groups excluding tert-OH is 1. The lowest BCUT2D eigenvalue weighted by atomic mass is 10.1. The summed E-state index contributed by atoms with van der Waals surface area (Å²) in [6, 6.07) is 12.8. The molecule has 0 unspecified atom stereocenters. The highest BCUT2D eigenvalue weighted by Gasteiger charge is 2.11. The predicted molar refractivity (Wildman–Crippen MR) is 78.6 cm³/mol. The van der Waals surface area contributed by atoms with E-state index >= 15 is 0 Å². The van der Waals surface area contributed by atoms with E-state index in [-0.39, 0.29) is 12.4 Å². The SMILES string of the molecule is CN(Cc1ccc(Br)cc1)c1cccc(F)c1CO. The third kappa shape index (κ3) is 3.33. The number of hydrogen-bond donors (Lipinski definition) is 1. The van der Waals surface area contributed by atoms with Gasteiger partial charge in [-0.25, -0.2) is 4.39 Å². The standard InChI is InChI=1S/C15H15BrFNO/c1-18(9-11-5-7-12(16)8-6-11)15-4-2-3-14(17)13(15)10-19/h2-8,19H,9-10H2,1H3. The van der Waals surface area contributed by atoms with Crippen LogP contribution in [0, 0.1) is 5.82 Å². The van der Waals surface area contributed by atoms with Crippen molar-refractivity contribution in [1.82, 2.24) is 0 Å². The van der Waals surface area contributed by atoms with Gasteiger partial charge in [-0.2, -0.15) is 0 Å². The smallest absolute Gasteiger partial charge is 0.130 e. The van der Waals surface area contributed by atoms with Gasteiger partial charge in [-0.05, 0) is 29.8 Å². The van der Waals surface area contributed by atoms with Crippen molar-refractivity contribution in [3.8, 4) is 0 Å². The fraction of sp³-hybridized carbons (Fsp3) is 0.200. The second-order valence-corrected chi connectivity index (χ2v) is 5.29. The molecule has 0 amide bonds. The molecule has 0 heterocycles. The summed E-state index contributed by atoms with van der Waals surface area (Å²) >= 11 is 3.39. The van der Waals surface area contributed by atoms with Gasteiger partial charge >= 0.3 is 0 Å². The van der Waals surface area contributed by atoms with Gasteiger partial charge in [0.15, 0.2) is 0 Å². The molecule has 4 heteroatoms. The summed E-state index contributed by atoms with van der Waals surface area (Å²) in [5, 5.41) is 9.28. The van der Waals surface area contributed by atoms with E-state index < -0.39 is 0 Å². The zero-order valence-electron chi connectivity index (χ0n) is 10.6. The number of halogens is 2. The average molecular weight is 324 g/mol. The van der Waals surface area contributed by atoms with E-state index in [1.807, 2.05) is 42.3 Å². The summed E-state index contributed by atoms with van der Waals surface area (Å²) < 4.78 is 14.6. The Morgan fingerprint density at radius 3 is 2.47 bits per heavy atom. The lowest BCUT2D eigenvalue weighted by Gasteiger charge is -2.22. The Balaban J connectivity index is 2.22. The zero-order valence-corrected chi connectivity index (χ0v) is 12.2. The molecule has 0 atom stereocenters. The van der Waals surface area contributed by atoms with Gasteiger partial charge in [-0.1, -0.05) is 34.1 Å². The van der Waals surface area contributed by atoms with Crippen LogP contribution in [0.5, 0.6) is 0 Å². The summed E-state index contributed by atoms with van der Waals surface area (Å²) in [7, 11) is 1.88. The molecule has 0 aliphatic carbocycles. The Morgan fingerprint density at radius 2 is 1.84 bits per heavy atom. The Morgan fingerprint density at radius 1 is 1.16 bits per heavy atom. The largest absolute Gasteiger partial charge is 0.391 e. The predicted octanol–water partition coefficient (Wildman–Crippen LogP) is 3.72. The Hall–Kier alpha value is -1.39. The van der Waals surface area contributed by atoms with Crippen molar-refractivity contribution in [1.29, 1.82) is 0 Å². The summed E-state index contributed by atoms with van der Waals surface area (Å²) in [6.07, 6.45) is 0. The van der Waals surface area contributed by atoms with Gasteiger partial charge in [0.1, 0.15) is 5.82 Å². The first-order valence-corrected chi connectivity index (χ1v) is 6.75. The molecule has 19 heavy (non-hydrogen) atoms. The Labute approximate surface area is 120 Å². The minimum atomic E-state index is -0.373. The van der Waals surface area contributed by atoms with Crippen LogP contribution < -0.4 is 4.90 Å². The van der Waals surface area contributed by atoms with E-state index in [0.717, 1.165) is 10.0 Å². The first-order valence-electron chi connectivity index (χ1n) is 5.95. The minimum Gasteiger partial charge on any atom is -0.391 e. The summed E-state index contributed by atoms with van der Waals surface area (Å²) in [5.41, 5.74) is 2.17. The van der Waals surface area contributed by atoms with Crippen molar-refractivity contribution in [2.24, 2.45) is 0 Å². The molecule has 0 spiro atoms. The topological polar surface area (TPSA) is 23.5 Å². The number of nitrogens with zero attached hydrogens (tertiary/aromatic N) is 1. The normalized spacial score (nSPS) is 10.5. The number of anilines is 1. The number of aliphatic hydroxyl groups is 1. The van der Waals surface area contributed by atoms with Gasteiger partial charge in [-0.15, -0.1) is 0 Å². The van der Waals surface area contributed by atoms with Crippen molar-refractivity contribution >= 4 is 21.6 Å². The summed E-state index contributed by atoms with van der Waals surface area (Å²) in [5.74, 6) is -0.373. The molecule has 1 N–H and O–H groups in total. The van der Waals surface area contributed by atoms with Gasteiger partial charge in [0, 0.05) is 29.3 Å². The van der Waals surface area contributed by atoms with Crippen molar-refractivity contribution in [3.63, 3.8) is 0 Å². The van der Waals surface area contributed by atoms with Gasteiger partial charge in [-0.3, -0.25) is 0 Å². The molecular weight excluding hydrogens is 309 g/mol. The van der Waals surface area contributed by atoms with E-state index in [9.17, 15) is 9.50 Å². The van der Waals surface area contributed by atoms with Crippen LogP contribution in [0.4, 0.5) is 10.1 Å². The highest BCUT2D eigenvalue weighted by Crippen LogP contribution is 2.24. The molecule has 2 nitrogen and oxygen atoms in total. The molecule has 0 aliphatic rings. The van der Waals surface area contributed by atoms with Crippen LogP contribution in [0.3, 0.4) is 0 Å². The number of hydrogen-bond acceptors (Lipinski definition) is 2. The van der Waals surface area contributed by atoms with E-state index in [4.69, 9.17) is 0 Å². The van der Waals surface area contributed by atoms with Crippen molar-refractivity contribution in [2.45, 2.75) is 13.2 Å². The fourth-order valence-electron chi connectivity index (χ4n) is 2.01. The molecule has 0 saturated heterocycles. The maximum Gasteiger partial charge on any atom is 0.130 e. The zero-order chi connectivity index (χ0) is 13.8. The second-order valence-electron chi connectivity index (χ2n) is 4.38.